The van der Waals surface area contributed by atoms with E-state index in [1.807, 2.05) is 24.0 Å². The van der Waals surface area contributed by atoms with Crippen LogP contribution >= 0.6 is 24.8 Å². The van der Waals surface area contributed by atoms with Crippen LogP contribution in [0, 0.1) is 0 Å². The molecule has 0 bridgehead atoms. The molecule has 2 fully saturated rings. The average molecular weight is 420 g/mol. The Kier molecular flexibility index (Phi) is 11.0. The predicted octanol–water partition coefficient (Wildman–Crippen LogP) is 1.95. The van der Waals surface area contributed by atoms with Gasteiger partial charge in [0.2, 0.25) is 5.91 Å². The van der Waals surface area contributed by atoms with E-state index in [0.717, 1.165) is 51.6 Å². The van der Waals surface area contributed by atoms with Crippen LogP contribution in [0.1, 0.15) is 18.9 Å². The van der Waals surface area contributed by atoms with Crippen molar-refractivity contribution in [3.63, 3.8) is 0 Å². The van der Waals surface area contributed by atoms with Crippen molar-refractivity contribution < 1.29 is 14.3 Å². The second kappa shape index (κ2) is 12.4. The van der Waals surface area contributed by atoms with Gasteiger partial charge in [-0.3, -0.25) is 9.69 Å². The molecule has 1 aromatic carbocycles. The highest BCUT2D eigenvalue weighted by molar-refractivity contribution is 5.85. The molecular formula is C19H31Cl2N3O3. The first-order valence-corrected chi connectivity index (χ1v) is 9.27. The van der Waals surface area contributed by atoms with Crippen molar-refractivity contribution in [1.29, 1.82) is 0 Å². The molecule has 0 aromatic heterocycles. The Bertz CT molecular complexity index is 546. The summed E-state index contributed by atoms with van der Waals surface area (Å²) in [5, 5.41) is 3.35. The molecule has 6 nitrogen and oxygen atoms in total. The quantitative estimate of drug-likeness (QED) is 0.763. The van der Waals surface area contributed by atoms with Crippen LogP contribution in [-0.4, -0.2) is 74.3 Å². The van der Waals surface area contributed by atoms with Gasteiger partial charge in [-0.15, -0.1) is 24.8 Å². The number of ether oxygens (including phenoxy) is 2. The normalized spacial score (nSPS) is 20.3. The lowest BCUT2D eigenvalue weighted by atomic mass is 10.1. The Hall–Kier alpha value is -1.05. The van der Waals surface area contributed by atoms with Crippen molar-refractivity contribution >= 4 is 30.7 Å². The number of piperazine rings is 1. The number of halogens is 2. The molecular weight excluding hydrogens is 389 g/mol. The minimum absolute atomic E-state index is 0. The third-order valence-electron chi connectivity index (χ3n) is 4.79. The van der Waals surface area contributed by atoms with E-state index in [1.54, 1.807) is 0 Å². The summed E-state index contributed by atoms with van der Waals surface area (Å²) in [6.45, 7) is 9.30. The summed E-state index contributed by atoms with van der Waals surface area (Å²) >= 11 is 0. The summed E-state index contributed by atoms with van der Waals surface area (Å²) in [4.78, 5) is 16.8. The van der Waals surface area contributed by atoms with Crippen LogP contribution < -0.4 is 10.1 Å². The molecule has 1 aromatic rings. The standard InChI is InChI=1S/C19H29N3O3.2ClH/c1-2-25-18-5-3-16(4-6-18)14-21-8-10-22(11-9-21)19(23)13-17-15-24-12-7-20-17;;/h3-6,17,20H,2,7-15H2,1H3;2*1H. The highest BCUT2D eigenvalue weighted by atomic mass is 35.5. The lowest BCUT2D eigenvalue weighted by Crippen LogP contribution is -2.51. The molecule has 1 unspecified atom stereocenters. The number of carbonyl (C=O) groups is 1. The fourth-order valence-electron chi connectivity index (χ4n) is 3.36. The molecule has 0 aliphatic carbocycles. The molecule has 8 heteroatoms. The van der Waals surface area contributed by atoms with Crippen LogP contribution in [0.2, 0.25) is 0 Å². The molecule has 0 spiro atoms. The van der Waals surface area contributed by atoms with Gasteiger partial charge in [0.15, 0.2) is 0 Å². The van der Waals surface area contributed by atoms with Crippen LogP contribution in [0.25, 0.3) is 0 Å². The Morgan fingerprint density at radius 2 is 1.89 bits per heavy atom. The smallest absolute Gasteiger partial charge is 0.224 e. The molecule has 1 N–H and O–H groups in total. The van der Waals surface area contributed by atoms with E-state index in [-0.39, 0.29) is 36.8 Å². The zero-order chi connectivity index (χ0) is 17.5. The van der Waals surface area contributed by atoms with E-state index < -0.39 is 0 Å². The second-order valence-electron chi connectivity index (χ2n) is 6.66. The maximum atomic E-state index is 12.4. The van der Waals surface area contributed by atoms with E-state index in [0.29, 0.717) is 19.6 Å². The van der Waals surface area contributed by atoms with Crippen molar-refractivity contribution in [3.8, 4) is 5.75 Å². The Morgan fingerprint density at radius 1 is 1.19 bits per heavy atom. The predicted molar refractivity (Wildman–Crippen MR) is 111 cm³/mol. The minimum Gasteiger partial charge on any atom is -0.494 e. The molecule has 0 saturated carbocycles. The van der Waals surface area contributed by atoms with Crippen LogP contribution in [0.4, 0.5) is 0 Å². The zero-order valence-electron chi connectivity index (χ0n) is 15.9. The third kappa shape index (κ3) is 7.47. The first-order valence-electron chi connectivity index (χ1n) is 9.27. The van der Waals surface area contributed by atoms with Crippen molar-refractivity contribution in [2.75, 3.05) is 52.5 Å². The maximum absolute atomic E-state index is 12.4. The minimum atomic E-state index is 0. The number of morpholine rings is 1. The van der Waals surface area contributed by atoms with Gasteiger partial charge < -0.3 is 19.7 Å². The molecule has 27 heavy (non-hydrogen) atoms. The van der Waals surface area contributed by atoms with E-state index >= 15 is 0 Å². The number of hydrogen-bond acceptors (Lipinski definition) is 5. The van der Waals surface area contributed by atoms with Crippen molar-refractivity contribution in [3.05, 3.63) is 29.8 Å². The van der Waals surface area contributed by atoms with Crippen LogP contribution in [0.3, 0.4) is 0 Å². The molecule has 1 atom stereocenters. The van der Waals surface area contributed by atoms with Crippen molar-refractivity contribution in [1.82, 2.24) is 15.1 Å². The molecule has 0 radical (unpaired) electrons. The van der Waals surface area contributed by atoms with Crippen LogP contribution in [0.15, 0.2) is 24.3 Å². The summed E-state index contributed by atoms with van der Waals surface area (Å²) in [7, 11) is 0. The van der Waals surface area contributed by atoms with E-state index in [2.05, 4.69) is 22.3 Å². The van der Waals surface area contributed by atoms with Crippen LogP contribution in [0.5, 0.6) is 5.75 Å². The number of nitrogens with zero attached hydrogens (tertiary/aromatic N) is 2. The van der Waals surface area contributed by atoms with Crippen molar-refractivity contribution in [2.45, 2.75) is 25.9 Å². The summed E-state index contributed by atoms with van der Waals surface area (Å²) in [6, 6.07) is 8.47. The fraction of sp³-hybridized carbons (Fsp3) is 0.632. The van der Waals surface area contributed by atoms with E-state index in [1.165, 1.54) is 5.56 Å². The second-order valence-corrected chi connectivity index (χ2v) is 6.66. The van der Waals surface area contributed by atoms with Gasteiger partial charge in [-0.1, -0.05) is 12.1 Å². The molecule has 3 rings (SSSR count). The highest BCUT2D eigenvalue weighted by Gasteiger charge is 2.24. The summed E-state index contributed by atoms with van der Waals surface area (Å²) < 4.78 is 10.9. The highest BCUT2D eigenvalue weighted by Crippen LogP contribution is 2.15. The number of hydrogen-bond donors (Lipinski definition) is 1. The molecule has 2 saturated heterocycles. The Morgan fingerprint density at radius 3 is 2.48 bits per heavy atom. The SMILES string of the molecule is CCOc1ccc(CN2CCN(C(=O)CC3COCCN3)CC2)cc1.Cl.Cl. The number of nitrogens with one attached hydrogen (secondary N) is 1. The third-order valence-corrected chi connectivity index (χ3v) is 4.79. The van der Waals surface area contributed by atoms with Gasteiger partial charge in [-0.2, -0.15) is 0 Å². The van der Waals surface area contributed by atoms with Gasteiger partial charge in [-0.25, -0.2) is 0 Å². The first kappa shape index (κ1) is 24.0. The number of carbonyl (C=O) groups excluding carboxylic acids is 1. The number of amides is 1. The first-order chi connectivity index (χ1) is 12.2. The lowest BCUT2D eigenvalue weighted by molar-refractivity contribution is -0.134. The lowest BCUT2D eigenvalue weighted by Gasteiger charge is -2.35. The van der Waals surface area contributed by atoms with Gasteiger partial charge in [-0.05, 0) is 24.6 Å². The molecule has 154 valence electrons. The molecule has 1 amide bonds. The van der Waals surface area contributed by atoms with Gasteiger partial charge in [0.05, 0.1) is 19.8 Å². The topological polar surface area (TPSA) is 54.0 Å². The average Bonchev–Trinajstić information content (AvgIpc) is 2.65. The fourth-order valence-corrected chi connectivity index (χ4v) is 3.36. The molecule has 2 aliphatic heterocycles. The Labute approximate surface area is 174 Å². The summed E-state index contributed by atoms with van der Waals surface area (Å²) in [5.74, 6) is 1.16. The van der Waals surface area contributed by atoms with Gasteiger partial charge in [0.1, 0.15) is 5.75 Å². The summed E-state index contributed by atoms with van der Waals surface area (Å²) in [6.07, 6.45) is 0.541. The monoisotopic (exact) mass is 419 g/mol. The zero-order valence-corrected chi connectivity index (χ0v) is 17.5. The van der Waals surface area contributed by atoms with Gasteiger partial charge in [0, 0.05) is 51.7 Å². The number of rotatable bonds is 6. The Balaban J connectivity index is 0.00000182. The summed E-state index contributed by atoms with van der Waals surface area (Å²) in [5.41, 5.74) is 1.28. The molecule has 2 heterocycles. The van der Waals surface area contributed by atoms with E-state index in [9.17, 15) is 4.79 Å². The van der Waals surface area contributed by atoms with Crippen molar-refractivity contribution in [2.24, 2.45) is 0 Å². The van der Waals surface area contributed by atoms with Gasteiger partial charge in [0.25, 0.3) is 0 Å². The van der Waals surface area contributed by atoms with Crippen LogP contribution in [-0.2, 0) is 16.1 Å². The largest absolute Gasteiger partial charge is 0.494 e. The number of benzene rings is 1. The molecule has 2 aliphatic rings. The van der Waals surface area contributed by atoms with E-state index in [4.69, 9.17) is 9.47 Å². The maximum Gasteiger partial charge on any atom is 0.224 e. The van der Waals surface area contributed by atoms with Gasteiger partial charge >= 0.3 is 0 Å².